The van der Waals surface area contributed by atoms with Crippen molar-refractivity contribution in [3.63, 3.8) is 0 Å². The number of rotatable bonds is 8. The van der Waals surface area contributed by atoms with Crippen molar-refractivity contribution >= 4 is 68.5 Å². The van der Waals surface area contributed by atoms with E-state index in [-0.39, 0.29) is 23.4 Å². The summed E-state index contributed by atoms with van der Waals surface area (Å²) in [6.07, 6.45) is 2.54. The van der Waals surface area contributed by atoms with Crippen LogP contribution in [0.25, 0.3) is 0 Å². The summed E-state index contributed by atoms with van der Waals surface area (Å²) in [5.41, 5.74) is 2.59. The smallest absolute Gasteiger partial charge is 0.229 e. The molecule has 0 radical (unpaired) electrons. The molecule has 0 saturated carbocycles. The number of sulfonamides is 1. The van der Waals surface area contributed by atoms with Crippen molar-refractivity contribution in [1.82, 2.24) is 9.97 Å². The van der Waals surface area contributed by atoms with Crippen LogP contribution in [0.1, 0.15) is 0 Å². The van der Waals surface area contributed by atoms with Crippen LogP contribution >= 0.6 is 24.0 Å². The van der Waals surface area contributed by atoms with Gasteiger partial charge in [-0.15, -0.1) is 12.4 Å². The van der Waals surface area contributed by atoms with Crippen molar-refractivity contribution in [2.45, 2.75) is 0 Å². The topological polar surface area (TPSA) is 118 Å². The average molecular weight is 541 g/mol. The summed E-state index contributed by atoms with van der Waals surface area (Å²) in [4.78, 5) is 11.0. The van der Waals surface area contributed by atoms with Crippen molar-refractivity contribution in [3.8, 4) is 5.75 Å². The highest BCUT2D eigenvalue weighted by Gasteiger charge is 2.15. The highest BCUT2D eigenvalue weighted by Crippen LogP contribution is 2.33. The van der Waals surface area contributed by atoms with Crippen LogP contribution in [0.15, 0.2) is 48.7 Å². The van der Waals surface area contributed by atoms with Crippen molar-refractivity contribution < 1.29 is 17.9 Å². The molecule has 1 aliphatic heterocycles. The van der Waals surface area contributed by atoms with Gasteiger partial charge in [0.15, 0.2) is 5.82 Å². The standard InChI is InChI=1S/C22H25ClN6O4S.ClH/c1-32-20-13-15(29-9-11-33-12-10-29)7-8-19(20)26-22-24-14-16(23)21(27-22)25-17-5-3-4-6-18(17)28-34(2,30)31;/h3-8,13-14,28H,9-12H2,1-2H3,(H2,24,25,26,27);1H. The maximum absolute atomic E-state index is 11.7. The van der Waals surface area contributed by atoms with E-state index in [1.807, 2.05) is 18.2 Å². The third kappa shape index (κ3) is 7.01. The molecule has 0 aliphatic carbocycles. The molecule has 0 amide bonds. The largest absolute Gasteiger partial charge is 0.494 e. The molecule has 10 nitrogen and oxygen atoms in total. The molecule has 0 atom stereocenters. The molecule has 13 heteroatoms. The number of nitrogens with zero attached hydrogens (tertiary/aromatic N) is 3. The lowest BCUT2D eigenvalue weighted by atomic mass is 10.2. The first-order valence-corrected chi connectivity index (χ1v) is 12.7. The first-order valence-electron chi connectivity index (χ1n) is 10.5. The maximum atomic E-state index is 11.7. The van der Waals surface area contributed by atoms with Gasteiger partial charge in [0.2, 0.25) is 16.0 Å². The second kappa shape index (κ2) is 11.6. The minimum absolute atomic E-state index is 0. The van der Waals surface area contributed by atoms with E-state index in [1.165, 1.54) is 6.20 Å². The Morgan fingerprint density at radius 2 is 1.77 bits per heavy atom. The quantitative estimate of drug-likeness (QED) is 0.385. The molecule has 0 bridgehead atoms. The molecule has 35 heavy (non-hydrogen) atoms. The van der Waals surface area contributed by atoms with Crippen LogP contribution in [0.5, 0.6) is 5.75 Å². The second-order valence-corrected chi connectivity index (χ2v) is 9.70. The molecule has 2 heterocycles. The number of hydrogen-bond acceptors (Lipinski definition) is 9. The van der Waals surface area contributed by atoms with Crippen LogP contribution in [0.3, 0.4) is 0 Å². The number of anilines is 6. The molecule has 0 unspecified atom stereocenters. The predicted octanol–water partition coefficient (Wildman–Crippen LogP) is 4.26. The highest BCUT2D eigenvalue weighted by molar-refractivity contribution is 7.92. The fraction of sp³-hybridized carbons (Fsp3) is 0.273. The minimum Gasteiger partial charge on any atom is -0.494 e. The van der Waals surface area contributed by atoms with E-state index in [9.17, 15) is 8.42 Å². The number of para-hydroxylation sites is 2. The van der Waals surface area contributed by atoms with Gasteiger partial charge in [-0.3, -0.25) is 4.72 Å². The highest BCUT2D eigenvalue weighted by atomic mass is 35.5. The Hall–Kier alpha value is -2.99. The normalized spacial score (nSPS) is 13.5. The number of aromatic nitrogens is 2. The molecule has 3 aromatic rings. The molecule has 3 N–H and O–H groups in total. The average Bonchev–Trinajstić information content (AvgIpc) is 2.82. The lowest BCUT2D eigenvalue weighted by Crippen LogP contribution is -2.36. The van der Waals surface area contributed by atoms with E-state index in [1.54, 1.807) is 31.4 Å². The lowest BCUT2D eigenvalue weighted by Gasteiger charge is -2.29. The Kier molecular flexibility index (Phi) is 8.84. The van der Waals surface area contributed by atoms with Gasteiger partial charge in [-0.1, -0.05) is 23.7 Å². The summed E-state index contributed by atoms with van der Waals surface area (Å²) in [6, 6.07) is 12.7. The number of nitrogens with one attached hydrogen (secondary N) is 3. The summed E-state index contributed by atoms with van der Waals surface area (Å²) < 4.78 is 36.9. The van der Waals surface area contributed by atoms with Crippen LogP contribution in [0.4, 0.5) is 34.5 Å². The molecule has 4 rings (SSSR count). The molecule has 188 valence electrons. The second-order valence-electron chi connectivity index (χ2n) is 7.54. The zero-order chi connectivity index (χ0) is 24.1. The fourth-order valence-electron chi connectivity index (χ4n) is 3.45. The number of halogens is 2. The van der Waals surface area contributed by atoms with Crippen LogP contribution in [-0.4, -0.2) is 58.1 Å². The molecule has 1 saturated heterocycles. The molecule has 1 fully saturated rings. The molecular formula is C22H26Cl2N6O4S. The minimum atomic E-state index is -3.46. The Morgan fingerprint density at radius 1 is 1.06 bits per heavy atom. The zero-order valence-corrected chi connectivity index (χ0v) is 21.5. The van der Waals surface area contributed by atoms with Gasteiger partial charge >= 0.3 is 0 Å². The number of benzene rings is 2. The third-order valence-electron chi connectivity index (χ3n) is 5.03. The Labute approximate surface area is 215 Å². The zero-order valence-electron chi connectivity index (χ0n) is 19.1. The van der Waals surface area contributed by atoms with Crippen LogP contribution < -0.4 is 25.0 Å². The first kappa shape index (κ1) is 26.6. The van der Waals surface area contributed by atoms with E-state index in [2.05, 4.69) is 30.2 Å². The Bertz CT molecular complexity index is 1270. The van der Waals surface area contributed by atoms with Gasteiger partial charge < -0.3 is 25.0 Å². The van der Waals surface area contributed by atoms with Gasteiger partial charge in [0.1, 0.15) is 10.8 Å². The van der Waals surface area contributed by atoms with Gasteiger partial charge in [-0.25, -0.2) is 13.4 Å². The summed E-state index contributed by atoms with van der Waals surface area (Å²) in [6.45, 7) is 3.03. The third-order valence-corrected chi connectivity index (χ3v) is 5.89. The van der Waals surface area contributed by atoms with Gasteiger partial charge in [-0.05, 0) is 24.3 Å². The maximum Gasteiger partial charge on any atom is 0.229 e. The van der Waals surface area contributed by atoms with Crippen molar-refractivity contribution in [3.05, 3.63) is 53.7 Å². The molecule has 1 aliphatic rings. The molecule has 2 aromatic carbocycles. The van der Waals surface area contributed by atoms with E-state index in [0.717, 1.165) is 25.0 Å². The van der Waals surface area contributed by atoms with Gasteiger partial charge in [0.25, 0.3) is 0 Å². The lowest BCUT2D eigenvalue weighted by molar-refractivity contribution is 0.122. The Balaban J connectivity index is 0.00000342. The molecule has 1 aromatic heterocycles. The summed E-state index contributed by atoms with van der Waals surface area (Å²) >= 11 is 6.31. The Morgan fingerprint density at radius 3 is 2.46 bits per heavy atom. The van der Waals surface area contributed by atoms with Crippen molar-refractivity contribution in [2.75, 3.05) is 59.9 Å². The predicted molar refractivity (Wildman–Crippen MR) is 142 cm³/mol. The monoisotopic (exact) mass is 540 g/mol. The summed E-state index contributed by atoms with van der Waals surface area (Å²) in [5.74, 6) is 1.24. The van der Waals surface area contributed by atoms with Crippen molar-refractivity contribution in [2.24, 2.45) is 0 Å². The summed E-state index contributed by atoms with van der Waals surface area (Å²) in [7, 11) is -1.86. The molecular weight excluding hydrogens is 515 g/mol. The van der Waals surface area contributed by atoms with Crippen molar-refractivity contribution in [1.29, 1.82) is 0 Å². The first-order chi connectivity index (χ1) is 16.3. The van der Waals surface area contributed by atoms with E-state index in [0.29, 0.717) is 41.8 Å². The van der Waals surface area contributed by atoms with E-state index < -0.39 is 10.0 Å². The van der Waals surface area contributed by atoms with Gasteiger partial charge in [0, 0.05) is 24.8 Å². The van der Waals surface area contributed by atoms with E-state index in [4.69, 9.17) is 21.1 Å². The number of methoxy groups -OCH3 is 1. The SMILES string of the molecule is COc1cc(N2CCOCC2)ccc1Nc1ncc(Cl)c(Nc2ccccc2NS(C)(=O)=O)n1.Cl. The fourth-order valence-corrected chi connectivity index (χ4v) is 4.16. The van der Waals surface area contributed by atoms with Gasteiger partial charge in [-0.2, -0.15) is 4.98 Å². The van der Waals surface area contributed by atoms with E-state index >= 15 is 0 Å². The van der Waals surface area contributed by atoms with Gasteiger partial charge in [0.05, 0.1) is 49.8 Å². The van der Waals surface area contributed by atoms with Crippen LogP contribution in [0.2, 0.25) is 5.02 Å². The van der Waals surface area contributed by atoms with Crippen LogP contribution in [-0.2, 0) is 14.8 Å². The number of ether oxygens (including phenoxy) is 2. The summed E-state index contributed by atoms with van der Waals surface area (Å²) in [5, 5.41) is 6.50. The number of hydrogen-bond donors (Lipinski definition) is 3. The van der Waals surface area contributed by atoms with Crippen LogP contribution in [0, 0.1) is 0 Å². The number of morpholine rings is 1. The molecule has 0 spiro atoms.